The van der Waals surface area contributed by atoms with Crippen molar-refractivity contribution < 1.29 is 4.42 Å². The molecule has 0 aliphatic rings. The minimum absolute atomic E-state index is 0.480. The Hall–Kier alpha value is -1.88. The van der Waals surface area contributed by atoms with E-state index in [9.17, 15) is 0 Å². The molecule has 0 radical (unpaired) electrons. The molecule has 0 aliphatic heterocycles. The van der Waals surface area contributed by atoms with Crippen molar-refractivity contribution in [2.24, 2.45) is 5.10 Å². The zero-order valence-electron chi connectivity index (χ0n) is 11.3. The summed E-state index contributed by atoms with van der Waals surface area (Å²) in [6.45, 7) is 4.02. The fourth-order valence-corrected chi connectivity index (χ4v) is 2.03. The van der Waals surface area contributed by atoms with Gasteiger partial charge in [0, 0.05) is 18.0 Å². The molecule has 1 aromatic carbocycles. The summed E-state index contributed by atoms with van der Waals surface area (Å²) in [4.78, 5) is 0. The van der Waals surface area contributed by atoms with Crippen LogP contribution in [0.1, 0.15) is 25.2 Å². The van der Waals surface area contributed by atoms with Crippen molar-refractivity contribution in [3.63, 3.8) is 0 Å². The minimum atomic E-state index is 0.480. The van der Waals surface area contributed by atoms with Gasteiger partial charge in [0.05, 0.1) is 0 Å². The first kappa shape index (κ1) is 13.5. The number of rotatable bonds is 3. The first-order chi connectivity index (χ1) is 9.17. The predicted octanol–water partition coefficient (Wildman–Crippen LogP) is 2.81. The number of hydrazone groups is 1. The summed E-state index contributed by atoms with van der Waals surface area (Å²) in [6, 6.07) is 8.02. The van der Waals surface area contributed by atoms with E-state index in [0.717, 1.165) is 28.9 Å². The van der Waals surface area contributed by atoms with Crippen LogP contribution in [0, 0.1) is 0 Å². The number of thiocarbonyl (C=S) groups is 1. The smallest absolute Gasteiger partial charge is 0.186 e. The first-order valence-corrected chi connectivity index (χ1v) is 6.61. The third kappa shape index (κ3) is 2.76. The zero-order chi connectivity index (χ0) is 13.8. The number of aryl methyl sites for hydroxylation is 1. The summed E-state index contributed by atoms with van der Waals surface area (Å²) < 4.78 is 5.88. The van der Waals surface area contributed by atoms with Crippen LogP contribution in [0.5, 0.6) is 0 Å². The quantitative estimate of drug-likeness (QED) is 0.514. The molecule has 19 heavy (non-hydrogen) atoms. The number of hydrogen-bond acceptors (Lipinski definition) is 3. The maximum Gasteiger partial charge on any atom is 0.186 e. The topological polar surface area (TPSA) is 49.6 Å². The largest absolute Gasteiger partial charge is 0.454 e. The highest BCUT2D eigenvalue weighted by molar-refractivity contribution is 7.80. The van der Waals surface area contributed by atoms with Crippen molar-refractivity contribution in [1.29, 1.82) is 0 Å². The predicted molar refractivity (Wildman–Crippen MR) is 82.6 cm³/mol. The molecule has 5 heteroatoms. The summed E-state index contributed by atoms with van der Waals surface area (Å²) in [6.07, 6.45) is 0.898. The summed E-state index contributed by atoms with van der Waals surface area (Å²) >= 11 is 4.99. The van der Waals surface area contributed by atoms with Gasteiger partial charge in [-0.25, -0.2) is 0 Å². The molecule has 0 fully saturated rings. The standard InChI is InChI=1S/C14H17N3OS/c1-4-10-11-7-5-6-8-12(11)18-13(10)9(2)16-17-14(19)15-3/h5-8H,4H2,1-3H3,(H2,15,17,19)/b16-9-. The van der Waals surface area contributed by atoms with E-state index < -0.39 is 0 Å². The van der Waals surface area contributed by atoms with Gasteiger partial charge in [-0.1, -0.05) is 25.1 Å². The molecule has 0 spiro atoms. The highest BCUT2D eigenvalue weighted by atomic mass is 32.1. The number of benzene rings is 1. The summed E-state index contributed by atoms with van der Waals surface area (Å²) in [7, 11) is 1.75. The number of fused-ring (bicyclic) bond motifs is 1. The van der Waals surface area contributed by atoms with E-state index in [-0.39, 0.29) is 0 Å². The second-order valence-electron chi connectivity index (χ2n) is 4.15. The fraction of sp³-hybridized carbons (Fsp3) is 0.286. The van der Waals surface area contributed by atoms with Crippen LogP contribution in [-0.2, 0) is 6.42 Å². The Kier molecular flexibility index (Phi) is 4.16. The van der Waals surface area contributed by atoms with Gasteiger partial charge in [-0.3, -0.25) is 5.43 Å². The monoisotopic (exact) mass is 275 g/mol. The SMILES string of the molecule is CCc1c(/C(C)=N\NC(=S)NC)oc2ccccc12. The molecule has 1 heterocycles. The number of nitrogens with zero attached hydrogens (tertiary/aromatic N) is 1. The lowest BCUT2D eigenvalue weighted by molar-refractivity contribution is 0.598. The van der Waals surface area contributed by atoms with Gasteiger partial charge in [-0.05, 0) is 31.6 Å². The molecule has 0 bridgehead atoms. The molecule has 1 aromatic heterocycles. The number of para-hydroxylation sites is 1. The lowest BCUT2D eigenvalue weighted by Gasteiger charge is -2.03. The van der Waals surface area contributed by atoms with E-state index >= 15 is 0 Å². The molecule has 4 nitrogen and oxygen atoms in total. The Morgan fingerprint density at radius 1 is 1.37 bits per heavy atom. The summed E-state index contributed by atoms with van der Waals surface area (Å²) in [5.41, 5.74) is 5.62. The molecule has 0 aliphatic carbocycles. The van der Waals surface area contributed by atoms with Gasteiger partial charge in [0.2, 0.25) is 0 Å². The van der Waals surface area contributed by atoms with Gasteiger partial charge in [0.15, 0.2) is 10.9 Å². The molecule has 2 rings (SSSR count). The first-order valence-electron chi connectivity index (χ1n) is 6.20. The molecule has 0 amide bonds. The molecule has 0 atom stereocenters. The van der Waals surface area contributed by atoms with Crippen LogP contribution in [0.3, 0.4) is 0 Å². The van der Waals surface area contributed by atoms with Crippen molar-refractivity contribution >= 4 is 34.0 Å². The van der Waals surface area contributed by atoms with E-state index in [1.165, 1.54) is 5.56 Å². The van der Waals surface area contributed by atoms with Crippen LogP contribution in [0.15, 0.2) is 33.8 Å². The van der Waals surface area contributed by atoms with Crippen molar-refractivity contribution in [1.82, 2.24) is 10.7 Å². The Balaban J connectivity index is 2.41. The van der Waals surface area contributed by atoms with Crippen molar-refractivity contribution in [3.8, 4) is 0 Å². The van der Waals surface area contributed by atoms with Gasteiger partial charge < -0.3 is 9.73 Å². The number of hydrogen-bond donors (Lipinski definition) is 2. The third-order valence-corrected chi connectivity index (χ3v) is 3.23. The Bertz CT molecular complexity index is 631. The Labute approximate surface area is 117 Å². The molecule has 0 saturated heterocycles. The van der Waals surface area contributed by atoms with Crippen LogP contribution >= 0.6 is 12.2 Å². The van der Waals surface area contributed by atoms with Gasteiger partial charge >= 0.3 is 0 Å². The molecular formula is C14H17N3OS. The average molecular weight is 275 g/mol. The van der Waals surface area contributed by atoms with Crippen LogP contribution in [-0.4, -0.2) is 17.9 Å². The van der Waals surface area contributed by atoms with Crippen molar-refractivity contribution in [2.75, 3.05) is 7.05 Å². The summed E-state index contributed by atoms with van der Waals surface area (Å²) in [5.74, 6) is 0.815. The van der Waals surface area contributed by atoms with Crippen LogP contribution < -0.4 is 10.7 Å². The van der Waals surface area contributed by atoms with Crippen LogP contribution in [0.2, 0.25) is 0 Å². The van der Waals surface area contributed by atoms with Crippen molar-refractivity contribution in [3.05, 3.63) is 35.6 Å². The maximum atomic E-state index is 5.88. The third-order valence-electron chi connectivity index (χ3n) is 2.93. The van der Waals surface area contributed by atoms with Crippen LogP contribution in [0.4, 0.5) is 0 Å². The normalized spacial score (nSPS) is 11.6. The number of nitrogens with one attached hydrogen (secondary N) is 2. The minimum Gasteiger partial charge on any atom is -0.454 e. The highest BCUT2D eigenvalue weighted by Gasteiger charge is 2.14. The van der Waals surface area contributed by atoms with Crippen molar-refractivity contribution in [2.45, 2.75) is 20.3 Å². The van der Waals surface area contributed by atoms with E-state index in [0.29, 0.717) is 5.11 Å². The molecule has 0 saturated carbocycles. The maximum absolute atomic E-state index is 5.88. The Morgan fingerprint density at radius 3 is 2.79 bits per heavy atom. The molecule has 2 N–H and O–H groups in total. The van der Waals surface area contributed by atoms with Gasteiger partial charge in [-0.15, -0.1) is 0 Å². The van der Waals surface area contributed by atoms with E-state index in [4.69, 9.17) is 16.6 Å². The molecular weight excluding hydrogens is 258 g/mol. The average Bonchev–Trinajstić information content (AvgIpc) is 2.82. The zero-order valence-corrected chi connectivity index (χ0v) is 12.1. The molecule has 2 aromatic rings. The molecule has 100 valence electrons. The fourth-order valence-electron chi connectivity index (χ4n) is 1.98. The van der Waals surface area contributed by atoms with Crippen LogP contribution in [0.25, 0.3) is 11.0 Å². The van der Waals surface area contributed by atoms with Gasteiger partial charge in [0.1, 0.15) is 11.3 Å². The second-order valence-corrected chi connectivity index (χ2v) is 4.56. The van der Waals surface area contributed by atoms with Gasteiger partial charge in [-0.2, -0.15) is 5.10 Å². The van der Waals surface area contributed by atoms with E-state index in [2.05, 4.69) is 28.8 Å². The Morgan fingerprint density at radius 2 is 2.11 bits per heavy atom. The summed E-state index contributed by atoms with van der Waals surface area (Å²) in [5, 5.41) is 8.67. The highest BCUT2D eigenvalue weighted by Crippen LogP contribution is 2.26. The lowest BCUT2D eigenvalue weighted by Crippen LogP contribution is -2.29. The molecule has 0 unspecified atom stereocenters. The lowest BCUT2D eigenvalue weighted by atomic mass is 10.1. The second kappa shape index (κ2) is 5.84. The number of furan rings is 1. The van der Waals surface area contributed by atoms with E-state index in [1.807, 2.05) is 25.1 Å². The van der Waals surface area contributed by atoms with Gasteiger partial charge in [0.25, 0.3) is 0 Å². The van der Waals surface area contributed by atoms with E-state index in [1.54, 1.807) is 7.05 Å².